The van der Waals surface area contributed by atoms with Crippen molar-refractivity contribution in [2.45, 2.75) is 6.92 Å². The van der Waals surface area contributed by atoms with Crippen molar-refractivity contribution in [2.24, 2.45) is 0 Å². The molecule has 0 aliphatic carbocycles. The number of hydrogen-bond donors (Lipinski definition) is 1. The topological polar surface area (TPSA) is 55.1 Å². The van der Waals surface area contributed by atoms with Crippen molar-refractivity contribution < 1.29 is 9.32 Å². The minimum Gasteiger partial charge on any atom is -0.361 e. The number of aryl methyl sites for hydroxylation is 1. The number of alkyl halides is 1. The largest absolute Gasteiger partial charge is 0.361 e. The van der Waals surface area contributed by atoms with Gasteiger partial charge in [-0.2, -0.15) is 0 Å². The molecule has 12 heavy (non-hydrogen) atoms. The van der Waals surface area contributed by atoms with Crippen LogP contribution in [0.4, 0.5) is 0 Å². The Morgan fingerprint density at radius 2 is 2.58 bits per heavy atom. The van der Waals surface area contributed by atoms with Crippen molar-refractivity contribution in [3.05, 3.63) is 17.5 Å². The van der Waals surface area contributed by atoms with E-state index >= 15 is 0 Å². The Kier molecular flexibility index (Phi) is 3.51. The minimum absolute atomic E-state index is 0.120. The van der Waals surface area contributed by atoms with Crippen LogP contribution in [0, 0.1) is 6.92 Å². The van der Waals surface area contributed by atoms with Crippen LogP contribution in [-0.2, 0) is 0 Å². The molecule has 0 aliphatic heterocycles. The molecule has 0 fully saturated rings. The summed E-state index contributed by atoms with van der Waals surface area (Å²) in [6.07, 6.45) is 1.43. The molecule has 5 heteroatoms. The average molecular weight is 280 g/mol. The summed E-state index contributed by atoms with van der Waals surface area (Å²) in [5, 5.41) is 6.24. The summed E-state index contributed by atoms with van der Waals surface area (Å²) < 4.78 is 5.65. The van der Waals surface area contributed by atoms with Gasteiger partial charge in [0.15, 0.2) is 0 Å². The lowest BCUT2D eigenvalue weighted by Crippen LogP contribution is -2.25. The molecule has 1 rings (SSSR count). The van der Waals surface area contributed by atoms with Crippen LogP contribution in [0.2, 0.25) is 0 Å². The van der Waals surface area contributed by atoms with Crippen LogP contribution in [-0.4, -0.2) is 22.0 Å². The van der Waals surface area contributed by atoms with Crippen LogP contribution in [0.25, 0.3) is 0 Å². The van der Waals surface area contributed by atoms with Gasteiger partial charge in [0.25, 0.3) is 5.91 Å². The molecule has 1 aromatic heterocycles. The molecule has 0 radical (unpaired) electrons. The van der Waals surface area contributed by atoms with Crippen molar-refractivity contribution in [3.8, 4) is 0 Å². The number of aromatic nitrogens is 1. The predicted molar refractivity (Wildman–Crippen MR) is 52.5 cm³/mol. The van der Waals surface area contributed by atoms with Gasteiger partial charge in [0, 0.05) is 11.0 Å². The monoisotopic (exact) mass is 280 g/mol. The lowest BCUT2D eigenvalue weighted by Gasteiger charge is -1.98. The second kappa shape index (κ2) is 4.44. The molecule has 0 bridgehead atoms. The van der Waals surface area contributed by atoms with Crippen LogP contribution in [0.1, 0.15) is 16.1 Å². The fourth-order valence-corrected chi connectivity index (χ4v) is 1.04. The standard InChI is InChI=1S/C7H9IN2O2/c1-5-6(4-10-12-5)7(11)9-3-2-8/h4H,2-3H2,1H3,(H,9,11). The normalized spacial score (nSPS) is 9.83. The number of rotatable bonds is 3. The summed E-state index contributed by atoms with van der Waals surface area (Å²) in [5.41, 5.74) is 0.514. The molecule has 66 valence electrons. The highest BCUT2D eigenvalue weighted by molar-refractivity contribution is 14.1. The van der Waals surface area contributed by atoms with E-state index in [9.17, 15) is 4.79 Å². The maximum absolute atomic E-state index is 11.3. The fraction of sp³-hybridized carbons (Fsp3) is 0.429. The minimum atomic E-state index is -0.120. The van der Waals surface area contributed by atoms with Crippen molar-refractivity contribution in [2.75, 3.05) is 11.0 Å². The second-order valence-electron chi connectivity index (χ2n) is 2.24. The van der Waals surface area contributed by atoms with Gasteiger partial charge in [0.2, 0.25) is 0 Å². The molecule has 1 N–H and O–H groups in total. The molecule has 0 unspecified atom stereocenters. The molecule has 0 atom stereocenters. The predicted octanol–water partition coefficient (Wildman–Crippen LogP) is 1.15. The van der Waals surface area contributed by atoms with E-state index in [1.165, 1.54) is 6.20 Å². The molecule has 1 aromatic rings. The molecule has 4 nitrogen and oxygen atoms in total. The summed E-state index contributed by atoms with van der Waals surface area (Å²) in [4.78, 5) is 11.3. The van der Waals surface area contributed by atoms with Crippen LogP contribution in [0.15, 0.2) is 10.7 Å². The first kappa shape index (κ1) is 9.50. The first-order chi connectivity index (χ1) is 5.75. The molecule has 0 aliphatic rings. The van der Waals surface area contributed by atoms with Crippen molar-refractivity contribution in [1.29, 1.82) is 0 Å². The Morgan fingerprint density at radius 1 is 1.83 bits per heavy atom. The van der Waals surface area contributed by atoms with Crippen LogP contribution in [0.5, 0.6) is 0 Å². The first-order valence-corrected chi connectivity index (χ1v) is 5.03. The first-order valence-electron chi connectivity index (χ1n) is 3.51. The zero-order valence-corrected chi connectivity index (χ0v) is 8.79. The maximum atomic E-state index is 11.3. The molecule has 0 saturated carbocycles. The Morgan fingerprint density at radius 3 is 3.08 bits per heavy atom. The number of nitrogens with one attached hydrogen (secondary N) is 1. The third-order valence-electron chi connectivity index (χ3n) is 1.38. The van der Waals surface area contributed by atoms with E-state index in [4.69, 9.17) is 4.52 Å². The van der Waals surface area contributed by atoms with Gasteiger partial charge in [-0.15, -0.1) is 0 Å². The molecule has 0 saturated heterocycles. The van der Waals surface area contributed by atoms with E-state index in [1.54, 1.807) is 6.92 Å². The SMILES string of the molecule is Cc1oncc1C(=O)NCCI. The molecule has 0 spiro atoms. The summed E-state index contributed by atoms with van der Waals surface area (Å²) in [6.45, 7) is 2.38. The maximum Gasteiger partial charge on any atom is 0.256 e. The van der Waals surface area contributed by atoms with Gasteiger partial charge >= 0.3 is 0 Å². The third-order valence-corrected chi connectivity index (χ3v) is 1.91. The third kappa shape index (κ3) is 2.20. The molecular weight excluding hydrogens is 271 g/mol. The Bertz CT molecular complexity index is 272. The smallest absolute Gasteiger partial charge is 0.256 e. The zero-order valence-electron chi connectivity index (χ0n) is 6.63. The van der Waals surface area contributed by atoms with Gasteiger partial charge in [-0.25, -0.2) is 0 Å². The number of carbonyl (C=O) groups is 1. The number of nitrogens with zero attached hydrogens (tertiary/aromatic N) is 1. The van der Waals surface area contributed by atoms with E-state index in [-0.39, 0.29) is 5.91 Å². The summed E-state index contributed by atoms with van der Waals surface area (Å²) in [6, 6.07) is 0. The van der Waals surface area contributed by atoms with E-state index in [1.807, 2.05) is 0 Å². The van der Waals surface area contributed by atoms with Gasteiger partial charge in [0.05, 0.1) is 6.20 Å². The van der Waals surface area contributed by atoms with Crippen molar-refractivity contribution >= 4 is 28.5 Å². The second-order valence-corrected chi connectivity index (χ2v) is 3.32. The highest BCUT2D eigenvalue weighted by Crippen LogP contribution is 2.04. The van der Waals surface area contributed by atoms with Gasteiger partial charge in [-0.3, -0.25) is 4.79 Å². The Labute approximate surface area is 83.8 Å². The van der Waals surface area contributed by atoms with Crippen LogP contribution in [0.3, 0.4) is 0 Å². The number of amides is 1. The molecule has 0 aromatic carbocycles. The van der Waals surface area contributed by atoms with E-state index in [0.717, 1.165) is 4.43 Å². The van der Waals surface area contributed by atoms with Gasteiger partial charge in [0.1, 0.15) is 11.3 Å². The van der Waals surface area contributed by atoms with E-state index in [2.05, 4.69) is 33.1 Å². The highest BCUT2D eigenvalue weighted by atomic mass is 127. The molecule has 1 heterocycles. The average Bonchev–Trinajstić information content (AvgIpc) is 2.47. The summed E-state index contributed by atoms with van der Waals surface area (Å²) >= 11 is 2.19. The number of hydrogen-bond acceptors (Lipinski definition) is 3. The van der Waals surface area contributed by atoms with Crippen LogP contribution >= 0.6 is 22.6 Å². The van der Waals surface area contributed by atoms with E-state index in [0.29, 0.717) is 17.9 Å². The quantitative estimate of drug-likeness (QED) is 0.667. The fourth-order valence-electron chi connectivity index (χ4n) is 0.773. The Hall–Kier alpha value is -0.590. The lowest BCUT2D eigenvalue weighted by molar-refractivity contribution is 0.0955. The molecule has 1 amide bonds. The number of carbonyl (C=O) groups excluding carboxylic acids is 1. The van der Waals surface area contributed by atoms with Crippen molar-refractivity contribution in [1.82, 2.24) is 10.5 Å². The summed E-state index contributed by atoms with van der Waals surface area (Å²) in [7, 11) is 0. The number of halogens is 1. The van der Waals surface area contributed by atoms with E-state index < -0.39 is 0 Å². The van der Waals surface area contributed by atoms with Crippen molar-refractivity contribution in [3.63, 3.8) is 0 Å². The summed E-state index contributed by atoms with van der Waals surface area (Å²) in [5.74, 6) is 0.436. The molecular formula is C7H9IN2O2. The van der Waals surface area contributed by atoms with Gasteiger partial charge in [-0.05, 0) is 6.92 Å². The highest BCUT2D eigenvalue weighted by Gasteiger charge is 2.10. The van der Waals surface area contributed by atoms with Crippen LogP contribution < -0.4 is 5.32 Å². The zero-order chi connectivity index (χ0) is 8.97. The Balaban J connectivity index is 2.59. The lowest BCUT2D eigenvalue weighted by atomic mass is 10.2. The van der Waals surface area contributed by atoms with Gasteiger partial charge < -0.3 is 9.84 Å². The van der Waals surface area contributed by atoms with Gasteiger partial charge in [-0.1, -0.05) is 27.7 Å².